The van der Waals surface area contributed by atoms with Crippen LogP contribution < -0.4 is 15.0 Å². The van der Waals surface area contributed by atoms with Gasteiger partial charge in [-0.2, -0.15) is 0 Å². The van der Waals surface area contributed by atoms with E-state index in [9.17, 15) is 0 Å². The number of hydrogen-bond acceptors (Lipinski definition) is 5. The van der Waals surface area contributed by atoms with E-state index in [-0.39, 0.29) is 0 Å². The quantitative estimate of drug-likeness (QED) is 0.793. The summed E-state index contributed by atoms with van der Waals surface area (Å²) >= 11 is 1.66. The highest BCUT2D eigenvalue weighted by atomic mass is 32.1. The van der Waals surface area contributed by atoms with Crippen molar-refractivity contribution in [3.63, 3.8) is 0 Å². The Morgan fingerprint density at radius 3 is 2.70 bits per heavy atom. The van der Waals surface area contributed by atoms with Crippen LogP contribution in [0.3, 0.4) is 0 Å². The van der Waals surface area contributed by atoms with Crippen molar-refractivity contribution in [2.75, 3.05) is 25.6 Å². The van der Waals surface area contributed by atoms with E-state index >= 15 is 0 Å². The SMILES string of the molecule is CCCNCc1csc(N(C)c2ccc(OC)cc2)n1. The van der Waals surface area contributed by atoms with E-state index in [0.717, 1.165) is 41.8 Å². The van der Waals surface area contributed by atoms with Crippen LogP contribution in [0.5, 0.6) is 5.75 Å². The molecule has 0 saturated carbocycles. The second-order valence-corrected chi connectivity index (χ2v) is 5.39. The largest absolute Gasteiger partial charge is 0.497 e. The van der Waals surface area contributed by atoms with Crippen LogP contribution in [0.1, 0.15) is 19.0 Å². The van der Waals surface area contributed by atoms with E-state index in [1.807, 2.05) is 31.3 Å². The highest BCUT2D eigenvalue weighted by Crippen LogP contribution is 2.28. The number of nitrogens with zero attached hydrogens (tertiary/aromatic N) is 2. The predicted molar refractivity (Wildman–Crippen MR) is 85.2 cm³/mol. The van der Waals surface area contributed by atoms with Crippen molar-refractivity contribution in [3.05, 3.63) is 35.3 Å². The number of rotatable bonds is 7. The monoisotopic (exact) mass is 291 g/mol. The number of benzene rings is 1. The first kappa shape index (κ1) is 14.8. The van der Waals surface area contributed by atoms with Gasteiger partial charge in [-0.3, -0.25) is 0 Å². The Morgan fingerprint density at radius 1 is 1.30 bits per heavy atom. The number of methoxy groups -OCH3 is 1. The smallest absolute Gasteiger partial charge is 0.189 e. The maximum atomic E-state index is 5.17. The summed E-state index contributed by atoms with van der Waals surface area (Å²) in [4.78, 5) is 6.74. The lowest BCUT2D eigenvalue weighted by Crippen LogP contribution is -2.14. The van der Waals surface area contributed by atoms with Crippen molar-refractivity contribution >= 4 is 22.2 Å². The van der Waals surface area contributed by atoms with Crippen molar-refractivity contribution < 1.29 is 4.74 Å². The fourth-order valence-corrected chi connectivity index (χ4v) is 2.65. The van der Waals surface area contributed by atoms with Gasteiger partial charge in [0.15, 0.2) is 5.13 Å². The van der Waals surface area contributed by atoms with E-state index < -0.39 is 0 Å². The number of anilines is 2. The molecule has 4 nitrogen and oxygen atoms in total. The fourth-order valence-electron chi connectivity index (χ4n) is 1.84. The first-order valence-electron chi connectivity index (χ1n) is 6.77. The molecule has 0 fully saturated rings. The summed E-state index contributed by atoms with van der Waals surface area (Å²) < 4.78 is 5.17. The third-order valence-electron chi connectivity index (χ3n) is 3.02. The molecule has 1 aromatic heterocycles. The van der Waals surface area contributed by atoms with Crippen LogP contribution in [-0.2, 0) is 6.54 Å². The molecular formula is C15H21N3OS. The maximum Gasteiger partial charge on any atom is 0.189 e. The van der Waals surface area contributed by atoms with Gasteiger partial charge in [0.25, 0.3) is 0 Å². The lowest BCUT2D eigenvalue weighted by Gasteiger charge is -2.16. The van der Waals surface area contributed by atoms with Crippen LogP contribution >= 0.6 is 11.3 Å². The molecule has 0 aliphatic carbocycles. The summed E-state index contributed by atoms with van der Waals surface area (Å²) in [6.45, 7) is 4.03. The molecule has 0 saturated heterocycles. The van der Waals surface area contributed by atoms with Gasteiger partial charge in [-0.25, -0.2) is 4.98 Å². The predicted octanol–water partition coefficient (Wildman–Crippen LogP) is 3.42. The highest BCUT2D eigenvalue weighted by Gasteiger charge is 2.09. The van der Waals surface area contributed by atoms with Gasteiger partial charge in [0.2, 0.25) is 0 Å². The average molecular weight is 291 g/mol. The van der Waals surface area contributed by atoms with Gasteiger partial charge in [0.05, 0.1) is 12.8 Å². The second-order valence-electron chi connectivity index (χ2n) is 4.56. The first-order valence-corrected chi connectivity index (χ1v) is 7.65. The van der Waals surface area contributed by atoms with Crippen molar-refractivity contribution in [2.45, 2.75) is 19.9 Å². The number of thiazole rings is 1. The zero-order chi connectivity index (χ0) is 14.4. The number of hydrogen-bond donors (Lipinski definition) is 1. The molecule has 0 spiro atoms. The summed E-state index contributed by atoms with van der Waals surface area (Å²) in [7, 11) is 3.71. The molecule has 1 heterocycles. The molecule has 2 rings (SSSR count). The number of nitrogens with one attached hydrogen (secondary N) is 1. The van der Waals surface area contributed by atoms with Gasteiger partial charge in [-0.1, -0.05) is 6.92 Å². The third-order valence-corrected chi connectivity index (χ3v) is 3.99. The summed E-state index contributed by atoms with van der Waals surface area (Å²) in [5.74, 6) is 0.866. The Labute approximate surface area is 124 Å². The van der Waals surface area contributed by atoms with E-state index in [0.29, 0.717) is 0 Å². The summed E-state index contributed by atoms with van der Waals surface area (Å²) in [6.07, 6.45) is 1.14. The molecule has 0 radical (unpaired) electrons. The summed E-state index contributed by atoms with van der Waals surface area (Å²) in [6, 6.07) is 8.00. The number of ether oxygens (including phenoxy) is 1. The van der Waals surface area contributed by atoms with Crippen molar-refractivity contribution in [1.29, 1.82) is 0 Å². The Kier molecular flexibility index (Phi) is 5.38. The van der Waals surface area contributed by atoms with Gasteiger partial charge in [-0.05, 0) is 37.2 Å². The van der Waals surface area contributed by atoms with Crippen molar-refractivity contribution in [3.8, 4) is 5.75 Å². The molecule has 0 unspecified atom stereocenters. The standard InChI is InChI=1S/C15H21N3OS/c1-4-9-16-10-12-11-20-15(17-12)18(2)13-5-7-14(19-3)8-6-13/h5-8,11,16H,4,9-10H2,1-3H3. The zero-order valence-electron chi connectivity index (χ0n) is 12.2. The minimum atomic E-state index is 0.834. The Bertz CT molecular complexity index is 524. The molecule has 5 heteroatoms. The fraction of sp³-hybridized carbons (Fsp3) is 0.400. The Morgan fingerprint density at radius 2 is 2.05 bits per heavy atom. The Hall–Kier alpha value is -1.59. The van der Waals surface area contributed by atoms with Crippen LogP contribution in [0.4, 0.5) is 10.8 Å². The van der Waals surface area contributed by atoms with E-state index in [1.54, 1.807) is 18.4 Å². The van der Waals surface area contributed by atoms with Gasteiger partial charge in [0, 0.05) is 24.7 Å². The van der Waals surface area contributed by atoms with E-state index in [2.05, 4.69) is 27.5 Å². The first-order chi connectivity index (χ1) is 9.74. The molecular weight excluding hydrogens is 270 g/mol. The molecule has 108 valence electrons. The van der Waals surface area contributed by atoms with Gasteiger partial charge < -0.3 is 15.0 Å². The highest BCUT2D eigenvalue weighted by molar-refractivity contribution is 7.13. The molecule has 1 N–H and O–H groups in total. The molecule has 0 amide bonds. The van der Waals surface area contributed by atoms with Gasteiger partial charge >= 0.3 is 0 Å². The molecule has 0 aliphatic heterocycles. The molecule has 0 aliphatic rings. The molecule has 0 atom stereocenters. The molecule has 1 aromatic carbocycles. The molecule has 2 aromatic rings. The molecule has 0 bridgehead atoms. The van der Waals surface area contributed by atoms with Crippen LogP contribution in [0.15, 0.2) is 29.6 Å². The van der Waals surface area contributed by atoms with E-state index in [1.165, 1.54) is 0 Å². The van der Waals surface area contributed by atoms with Crippen LogP contribution in [-0.4, -0.2) is 25.7 Å². The second kappa shape index (κ2) is 7.26. The minimum Gasteiger partial charge on any atom is -0.497 e. The lowest BCUT2D eigenvalue weighted by atomic mass is 10.3. The minimum absolute atomic E-state index is 0.834. The molecule has 20 heavy (non-hydrogen) atoms. The number of aromatic nitrogens is 1. The van der Waals surface area contributed by atoms with Crippen LogP contribution in [0.2, 0.25) is 0 Å². The summed E-state index contributed by atoms with van der Waals surface area (Å²) in [5.41, 5.74) is 2.20. The van der Waals surface area contributed by atoms with Crippen LogP contribution in [0.25, 0.3) is 0 Å². The zero-order valence-corrected chi connectivity index (χ0v) is 13.0. The topological polar surface area (TPSA) is 37.4 Å². The van der Waals surface area contributed by atoms with Crippen LogP contribution in [0, 0.1) is 0 Å². The maximum absolute atomic E-state index is 5.17. The van der Waals surface area contributed by atoms with E-state index in [4.69, 9.17) is 4.74 Å². The summed E-state index contributed by atoms with van der Waals surface area (Å²) in [5, 5.41) is 6.48. The van der Waals surface area contributed by atoms with Crippen molar-refractivity contribution in [1.82, 2.24) is 10.3 Å². The average Bonchev–Trinajstić information content (AvgIpc) is 2.96. The normalized spacial score (nSPS) is 10.6. The van der Waals surface area contributed by atoms with Crippen molar-refractivity contribution in [2.24, 2.45) is 0 Å². The third kappa shape index (κ3) is 3.71. The Balaban J connectivity index is 2.02. The van der Waals surface area contributed by atoms with Gasteiger partial charge in [0.1, 0.15) is 5.75 Å². The lowest BCUT2D eigenvalue weighted by molar-refractivity contribution is 0.415. The van der Waals surface area contributed by atoms with Gasteiger partial charge in [-0.15, -0.1) is 11.3 Å².